The summed E-state index contributed by atoms with van der Waals surface area (Å²) in [7, 11) is 0. The first-order valence-electron chi connectivity index (χ1n) is 14.1. The summed E-state index contributed by atoms with van der Waals surface area (Å²) in [4.78, 5) is 2.47. The summed E-state index contributed by atoms with van der Waals surface area (Å²) in [6, 6.07) is 13.1. The molecule has 0 atom stereocenters. The van der Waals surface area contributed by atoms with Gasteiger partial charge in [-0.05, 0) is 79.9 Å². The lowest BCUT2D eigenvalue weighted by molar-refractivity contribution is 0.422. The molecule has 4 rings (SSSR count). The summed E-state index contributed by atoms with van der Waals surface area (Å²) >= 11 is 3.53. The minimum atomic E-state index is -0.191. The number of thiophene rings is 2. The number of phenolic OH excluding ortho intramolecular Hbond substituents is 2. The Morgan fingerprint density at radius 1 is 0.450 bits per heavy atom. The maximum atomic E-state index is 11.3. The van der Waals surface area contributed by atoms with E-state index < -0.39 is 0 Å². The fourth-order valence-corrected chi connectivity index (χ4v) is 7.32. The molecule has 4 heteroatoms. The van der Waals surface area contributed by atoms with Crippen molar-refractivity contribution in [3.63, 3.8) is 0 Å². The molecule has 0 unspecified atom stereocenters. The molecule has 0 saturated heterocycles. The Morgan fingerprint density at radius 3 is 0.925 bits per heavy atom. The number of phenols is 2. The molecule has 0 spiro atoms. The monoisotopic (exact) mass is 574 g/mol. The van der Waals surface area contributed by atoms with Gasteiger partial charge in [0.25, 0.3) is 0 Å². The van der Waals surface area contributed by atoms with Gasteiger partial charge in [-0.15, -0.1) is 22.7 Å². The largest absolute Gasteiger partial charge is 0.507 e. The van der Waals surface area contributed by atoms with Gasteiger partial charge in [-0.2, -0.15) is 0 Å². The van der Waals surface area contributed by atoms with E-state index in [2.05, 4.69) is 130 Å². The van der Waals surface area contributed by atoms with Crippen LogP contribution in [0.25, 0.3) is 32.0 Å². The number of rotatable bonds is 3. The Bertz CT molecular complexity index is 1350. The summed E-state index contributed by atoms with van der Waals surface area (Å²) < 4.78 is 0. The molecule has 0 saturated carbocycles. The lowest BCUT2D eigenvalue weighted by Gasteiger charge is -2.28. The highest BCUT2D eigenvalue weighted by Crippen LogP contribution is 2.49. The lowest BCUT2D eigenvalue weighted by atomic mass is 9.77. The van der Waals surface area contributed by atoms with Crippen molar-refractivity contribution in [2.24, 2.45) is 0 Å². The zero-order valence-electron chi connectivity index (χ0n) is 26.3. The van der Waals surface area contributed by atoms with E-state index in [-0.39, 0.29) is 21.7 Å². The Kier molecular flexibility index (Phi) is 7.65. The number of hydrogen-bond acceptors (Lipinski definition) is 4. The van der Waals surface area contributed by atoms with E-state index in [1.807, 2.05) is 0 Å². The fourth-order valence-electron chi connectivity index (χ4n) is 5.29. The van der Waals surface area contributed by atoms with Gasteiger partial charge in [0.15, 0.2) is 0 Å². The van der Waals surface area contributed by atoms with E-state index in [9.17, 15) is 10.2 Å². The second-order valence-electron chi connectivity index (χ2n) is 15.2. The summed E-state index contributed by atoms with van der Waals surface area (Å²) in [5, 5.41) is 27.0. The SMILES string of the molecule is CC(C)(C)c1cc(-c2ccsc2-c2sccc2-c2cc(C(C)(C)C)c(O)c(C(C)(C)C)c2)cc(C(C)(C)C)c1O. The topological polar surface area (TPSA) is 40.5 Å². The molecule has 0 aliphatic heterocycles. The van der Waals surface area contributed by atoms with Crippen LogP contribution in [-0.4, -0.2) is 10.2 Å². The Labute approximate surface area is 249 Å². The fraction of sp³-hybridized carbons (Fsp3) is 0.444. The van der Waals surface area contributed by atoms with Crippen molar-refractivity contribution in [3.8, 4) is 43.5 Å². The van der Waals surface area contributed by atoms with Crippen molar-refractivity contribution in [1.29, 1.82) is 0 Å². The first-order chi connectivity index (χ1) is 18.2. The third-order valence-corrected chi connectivity index (χ3v) is 9.60. The van der Waals surface area contributed by atoms with Crippen LogP contribution in [0.15, 0.2) is 47.2 Å². The van der Waals surface area contributed by atoms with E-state index in [1.54, 1.807) is 22.7 Å². The molecule has 2 nitrogen and oxygen atoms in total. The molecular weight excluding hydrogens is 529 g/mol. The van der Waals surface area contributed by atoms with Gasteiger partial charge in [0.1, 0.15) is 11.5 Å². The lowest BCUT2D eigenvalue weighted by Crippen LogP contribution is -2.17. The van der Waals surface area contributed by atoms with Crippen molar-refractivity contribution in [2.75, 3.05) is 0 Å². The summed E-state index contributed by atoms with van der Waals surface area (Å²) in [6.45, 7) is 25.9. The summed E-state index contributed by atoms with van der Waals surface area (Å²) in [5.74, 6) is 0.816. The molecule has 2 aromatic carbocycles. The van der Waals surface area contributed by atoms with Crippen LogP contribution in [0.4, 0.5) is 0 Å². The van der Waals surface area contributed by atoms with Crippen LogP contribution in [0.1, 0.15) is 105 Å². The van der Waals surface area contributed by atoms with Gasteiger partial charge in [-0.3, -0.25) is 0 Å². The average molecular weight is 575 g/mol. The van der Waals surface area contributed by atoms with E-state index >= 15 is 0 Å². The number of hydrogen-bond donors (Lipinski definition) is 2. The Hall–Kier alpha value is -2.56. The molecule has 0 fully saturated rings. The van der Waals surface area contributed by atoms with Gasteiger partial charge in [0.05, 0.1) is 9.75 Å². The van der Waals surface area contributed by atoms with Gasteiger partial charge >= 0.3 is 0 Å². The zero-order valence-corrected chi connectivity index (χ0v) is 28.0. The Balaban J connectivity index is 1.96. The Morgan fingerprint density at radius 2 is 0.700 bits per heavy atom. The van der Waals surface area contributed by atoms with Crippen LogP contribution in [0.3, 0.4) is 0 Å². The van der Waals surface area contributed by atoms with Crippen molar-refractivity contribution in [1.82, 2.24) is 0 Å². The second-order valence-corrected chi connectivity index (χ2v) is 17.0. The van der Waals surface area contributed by atoms with Crippen LogP contribution in [0.5, 0.6) is 11.5 Å². The van der Waals surface area contributed by atoms with Crippen LogP contribution < -0.4 is 0 Å². The zero-order chi connectivity index (χ0) is 30.0. The molecule has 0 aliphatic rings. The maximum Gasteiger partial charge on any atom is 0.123 e. The summed E-state index contributed by atoms with van der Waals surface area (Å²) in [6.07, 6.45) is 0. The van der Waals surface area contributed by atoms with Crippen LogP contribution in [0, 0.1) is 0 Å². The molecule has 214 valence electrons. The highest BCUT2D eigenvalue weighted by atomic mass is 32.1. The minimum absolute atomic E-state index is 0.191. The molecule has 2 aromatic heterocycles. The molecule has 4 aromatic rings. The van der Waals surface area contributed by atoms with E-state index in [0.717, 1.165) is 33.4 Å². The third-order valence-electron chi connectivity index (χ3n) is 7.61. The highest BCUT2D eigenvalue weighted by molar-refractivity contribution is 7.21. The predicted octanol–water partition coefficient (Wildman–Crippen LogP) is 11.4. The molecular formula is C36H46O2S2. The molecule has 0 aliphatic carbocycles. The van der Waals surface area contributed by atoms with Crippen LogP contribution in [0.2, 0.25) is 0 Å². The second kappa shape index (κ2) is 10.1. The van der Waals surface area contributed by atoms with Crippen molar-refractivity contribution < 1.29 is 10.2 Å². The van der Waals surface area contributed by atoms with Crippen molar-refractivity contribution in [3.05, 3.63) is 69.4 Å². The van der Waals surface area contributed by atoms with Gasteiger partial charge in [0.2, 0.25) is 0 Å². The van der Waals surface area contributed by atoms with Crippen molar-refractivity contribution in [2.45, 2.75) is 105 Å². The van der Waals surface area contributed by atoms with Gasteiger partial charge in [-0.25, -0.2) is 0 Å². The molecule has 40 heavy (non-hydrogen) atoms. The molecule has 0 amide bonds. The smallest absolute Gasteiger partial charge is 0.123 e. The standard InChI is InChI=1S/C36H46O2S2/c1-33(2,3)25-17-21(18-26(29(25)37)34(4,5)6)23-13-15-39-31(23)32-24(14-16-40-32)22-19-27(35(7,8)9)30(38)28(20-22)36(10,11)12/h13-20,37-38H,1-12H3. The predicted molar refractivity (Wildman–Crippen MR) is 177 cm³/mol. The van der Waals surface area contributed by atoms with E-state index in [0.29, 0.717) is 11.5 Å². The molecule has 2 N–H and O–H groups in total. The van der Waals surface area contributed by atoms with E-state index in [4.69, 9.17) is 0 Å². The van der Waals surface area contributed by atoms with Crippen molar-refractivity contribution >= 4 is 22.7 Å². The number of benzene rings is 2. The molecule has 2 heterocycles. The highest BCUT2D eigenvalue weighted by Gasteiger charge is 2.30. The quantitative estimate of drug-likeness (QED) is 0.255. The van der Waals surface area contributed by atoms with E-state index in [1.165, 1.54) is 20.9 Å². The van der Waals surface area contributed by atoms with Crippen LogP contribution >= 0.6 is 22.7 Å². The molecule has 0 radical (unpaired) electrons. The van der Waals surface area contributed by atoms with Gasteiger partial charge < -0.3 is 10.2 Å². The first-order valence-corrected chi connectivity index (χ1v) is 15.9. The van der Waals surface area contributed by atoms with Crippen LogP contribution in [-0.2, 0) is 21.7 Å². The number of aromatic hydroxyl groups is 2. The molecule has 0 bridgehead atoms. The maximum absolute atomic E-state index is 11.3. The van der Waals surface area contributed by atoms with Gasteiger partial charge in [-0.1, -0.05) is 83.1 Å². The minimum Gasteiger partial charge on any atom is -0.507 e. The summed E-state index contributed by atoms with van der Waals surface area (Å²) in [5.41, 5.74) is 7.79. The third kappa shape index (κ3) is 5.76. The first kappa shape index (κ1) is 30.4. The normalized spacial score (nSPS) is 13.2. The van der Waals surface area contributed by atoms with Gasteiger partial charge in [0, 0.05) is 33.4 Å². The average Bonchev–Trinajstić information content (AvgIpc) is 3.45.